The number of aromatic nitrogens is 1. The lowest BCUT2D eigenvalue weighted by Crippen LogP contribution is -2.62. The Morgan fingerprint density at radius 1 is 0.789 bits per heavy atom. The fourth-order valence-corrected chi connectivity index (χ4v) is 13.2. The van der Waals surface area contributed by atoms with Crippen LogP contribution in [0.3, 0.4) is 0 Å². The van der Waals surface area contributed by atoms with Crippen molar-refractivity contribution < 1.29 is 85.0 Å². The van der Waals surface area contributed by atoms with Gasteiger partial charge in [0, 0.05) is 59.1 Å². The van der Waals surface area contributed by atoms with Gasteiger partial charge in [0.05, 0.1) is 133 Å². The lowest BCUT2D eigenvalue weighted by Gasteiger charge is -2.41. The van der Waals surface area contributed by atoms with Crippen LogP contribution in [0, 0.1) is 17.8 Å². The van der Waals surface area contributed by atoms with Gasteiger partial charge in [-0.25, -0.2) is 18.2 Å². The van der Waals surface area contributed by atoms with E-state index in [0.29, 0.717) is 114 Å². The molecule has 0 bridgehead atoms. The lowest BCUT2D eigenvalue weighted by molar-refractivity contribution is -0.150. The topological polar surface area (TPSA) is 306 Å². The Balaban J connectivity index is 0.957. The van der Waals surface area contributed by atoms with E-state index in [1.54, 1.807) is 78.1 Å². The average Bonchev–Trinajstić information content (AvgIpc) is 1.59. The van der Waals surface area contributed by atoms with Crippen LogP contribution < -0.4 is 16.0 Å². The number of carboxylic acids is 1. The number of nitrogens with one attached hydrogen (secondary N) is 3. The zero-order valence-corrected chi connectivity index (χ0v) is 55.7. The lowest BCUT2D eigenvalue weighted by atomic mass is 9.89. The summed E-state index contributed by atoms with van der Waals surface area (Å²) in [6.07, 6.45) is 2.52. The maximum atomic E-state index is 14.7. The zero-order valence-electron chi connectivity index (χ0n) is 54.1. The molecule has 90 heavy (non-hydrogen) atoms. The molecule has 0 aliphatic carbocycles. The highest BCUT2D eigenvalue weighted by Crippen LogP contribution is 2.33. The highest BCUT2D eigenvalue weighted by atomic mass is 32.2. The first-order chi connectivity index (χ1) is 43.0. The van der Waals surface area contributed by atoms with Crippen LogP contribution >= 0.6 is 11.3 Å². The Hall–Kier alpha value is -5.75. The third kappa shape index (κ3) is 22.2. The molecule has 9 atom stereocenters. The number of likely N-dealkylation sites (N-methyl/N-ethyl adjacent to an activating group) is 1. The molecule has 2 aliphatic heterocycles. The number of carboxylic acid groups (broad SMARTS) is 1. The minimum Gasteiger partial charge on any atom is -0.480 e. The number of hydrogen-bond acceptors (Lipinski definition) is 19. The maximum absolute atomic E-state index is 14.7. The van der Waals surface area contributed by atoms with E-state index >= 15 is 0 Å². The van der Waals surface area contributed by atoms with Crippen LogP contribution in [0.15, 0.2) is 52.9 Å². The largest absolute Gasteiger partial charge is 0.480 e. The Labute approximate surface area is 534 Å². The normalized spacial score (nSPS) is 18.4. The number of rotatable bonds is 42. The molecule has 3 aromatic rings. The van der Waals surface area contributed by atoms with E-state index in [0.717, 1.165) is 23.2 Å². The number of carbonyl (C=O) groups excluding carboxylic acids is 6. The summed E-state index contributed by atoms with van der Waals surface area (Å²) in [5.74, 6) is -4.56. The summed E-state index contributed by atoms with van der Waals surface area (Å²) in [7, 11) is 1.22. The minimum atomic E-state index is -3.43. The van der Waals surface area contributed by atoms with Crippen molar-refractivity contribution in [1.82, 2.24) is 35.6 Å². The number of ether oxygens (including phenoxy) is 8. The van der Waals surface area contributed by atoms with Crippen molar-refractivity contribution in [3.63, 3.8) is 0 Å². The monoisotopic (exact) mass is 1300 g/mol. The fraction of sp³-hybridized carbons (Fsp3) is 0.683. The fourth-order valence-electron chi connectivity index (χ4n) is 11.3. The number of sulfone groups is 1. The number of amides is 6. The molecule has 6 amide bonds. The molecule has 27 heteroatoms. The van der Waals surface area contributed by atoms with Crippen LogP contribution in [0.2, 0.25) is 0 Å². The van der Waals surface area contributed by atoms with Gasteiger partial charge < -0.3 is 73.7 Å². The van der Waals surface area contributed by atoms with Gasteiger partial charge in [-0.05, 0) is 68.2 Å². The number of aliphatic carboxylic acids is 1. The van der Waals surface area contributed by atoms with Gasteiger partial charge in [0.15, 0.2) is 0 Å². The highest BCUT2D eigenvalue weighted by Gasteiger charge is 2.48. The third-order valence-corrected chi connectivity index (χ3v) is 19.3. The molecule has 25 nitrogen and oxygen atoms in total. The molecule has 2 aliphatic rings. The van der Waals surface area contributed by atoms with Crippen molar-refractivity contribution in [3.8, 4) is 0 Å². The van der Waals surface area contributed by atoms with Gasteiger partial charge in [-0.1, -0.05) is 71.4 Å². The second kappa shape index (κ2) is 37.7. The molecule has 1 aromatic heterocycles. The molecule has 4 N–H and O–H groups in total. The standard InChI is InChI=1S/C63H97N7O18S2/c1-11-43(4)55(50(81-8)41-53(72)69-25-15-19-49(69)56(82-9)44(5)57(73)65-48(60(76)77)39-45-17-13-12-14-18-45)68(7)59(75)54(42(2)3)67-61(78)63(6)23-16-26-70(63)52(71)22-27-83-29-31-85-33-35-87-37-38-88-36-34-86-32-30-84-28-24-64-58(74)46-20-21-47-51(40-46)89-62(66-47)90(10,79)80/h12-14,17-18,20-21,40,42-44,48-50,54-56H,11,15-16,19,22-39,41H2,1-10H3,(H,64,74)(H,65,73)(H,67,78)(H,76,77)/t43-,44+,48-,49-,50+,54-,55-,56+,63-/m0/s1. The molecule has 2 fully saturated rings. The predicted octanol–water partition coefficient (Wildman–Crippen LogP) is 4.17. The summed E-state index contributed by atoms with van der Waals surface area (Å²) in [4.78, 5) is 105. The van der Waals surface area contributed by atoms with Crippen LogP contribution in [0.25, 0.3) is 10.2 Å². The van der Waals surface area contributed by atoms with E-state index in [9.17, 15) is 47.1 Å². The van der Waals surface area contributed by atoms with Crippen molar-refractivity contribution in [2.45, 2.75) is 139 Å². The van der Waals surface area contributed by atoms with Gasteiger partial charge in [0.25, 0.3) is 5.91 Å². The van der Waals surface area contributed by atoms with Crippen molar-refractivity contribution in [2.75, 3.05) is 126 Å². The van der Waals surface area contributed by atoms with Gasteiger partial charge in [0.1, 0.15) is 17.6 Å². The number of benzene rings is 2. The Morgan fingerprint density at radius 3 is 1.94 bits per heavy atom. The van der Waals surface area contributed by atoms with Crippen LogP contribution in [-0.4, -0.2) is 243 Å². The van der Waals surface area contributed by atoms with E-state index in [-0.39, 0.29) is 92.0 Å². The zero-order chi connectivity index (χ0) is 66.0. The number of methoxy groups -OCH3 is 2. The average molecular weight is 1300 g/mol. The molecule has 0 spiro atoms. The molecule has 3 heterocycles. The van der Waals surface area contributed by atoms with Crippen molar-refractivity contribution in [2.24, 2.45) is 17.8 Å². The molecule has 2 aromatic carbocycles. The quantitative estimate of drug-likeness (QED) is 0.0579. The number of likely N-dealkylation sites (tertiary alicyclic amines) is 2. The smallest absolute Gasteiger partial charge is 0.326 e. The van der Waals surface area contributed by atoms with Gasteiger partial charge in [-0.2, -0.15) is 0 Å². The molecule has 504 valence electrons. The summed E-state index contributed by atoms with van der Waals surface area (Å²) in [6, 6.07) is 10.7. The number of fused-ring (bicyclic) bond motifs is 1. The number of thiazole rings is 1. The molecule has 2 saturated heterocycles. The second-order valence-corrected chi connectivity index (χ2v) is 26.6. The molecule has 0 saturated carbocycles. The SMILES string of the molecule is CC[C@H](C)[C@@H]([C@@H](CC(=O)N1CCC[C@H]1[C@H](OC)[C@@H](C)C(=O)N[C@@H](Cc1ccccc1)C(=O)O)OC)N(C)C(=O)[C@@H](NC(=O)[C@]1(C)CCCN1C(=O)CCOCCOCCOCCOCCOCCOCCNC(=O)c1ccc2nc(S(C)(=O)=O)sc2c1)C(C)C. The third-order valence-electron chi connectivity index (χ3n) is 16.6. The summed E-state index contributed by atoms with van der Waals surface area (Å²) in [5, 5.41) is 18.5. The van der Waals surface area contributed by atoms with Gasteiger partial charge in [0.2, 0.25) is 43.7 Å². The van der Waals surface area contributed by atoms with E-state index in [4.69, 9.17) is 37.9 Å². The second-order valence-electron chi connectivity index (χ2n) is 23.4. The number of carbonyl (C=O) groups is 7. The van der Waals surface area contributed by atoms with Crippen molar-refractivity contribution in [1.29, 1.82) is 0 Å². The van der Waals surface area contributed by atoms with Gasteiger partial charge in [-0.15, -0.1) is 11.3 Å². The van der Waals surface area contributed by atoms with E-state index in [1.807, 2.05) is 33.8 Å². The van der Waals surface area contributed by atoms with Gasteiger partial charge in [-0.3, -0.25) is 28.8 Å². The molecular formula is C63H97N7O18S2. The Morgan fingerprint density at radius 2 is 1.39 bits per heavy atom. The summed E-state index contributed by atoms with van der Waals surface area (Å²) >= 11 is 1.02. The molecule has 0 unspecified atom stereocenters. The van der Waals surface area contributed by atoms with Gasteiger partial charge >= 0.3 is 5.97 Å². The Kier molecular flexibility index (Phi) is 31.4. The molecular weight excluding hydrogens is 1210 g/mol. The first-order valence-corrected chi connectivity index (χ1v) is 33.8. The van der Waals surface area contributed by atoms with E-state index in [1.165, 1.54) is 14.2 Å². The minimum absolute atomic E-state index is 0.0101. The van der Waals surface area contributed by atoms with Crippen LogP contribution in [0.1, 0.15) is 102 Å². The number of hydrogen-bond donors (Lipinski definition) is 4. The first kappa shape index (κ1) is 75.0. The summed E-state index contributed by atoms with van der Waals surface area (Å²) in [6.45, 7) is 16.0. The van der Waals surface area contributed by atoms with Crippen LogP contribution in [0.5, 0.6) is 0 Å². The van der Waals surface area contributed by atoms with E-state index in [2.05, 4.69) is 20.9 Å². The maximum Gasteiger partial charge on any atom is 0.326 e. The number of nitrogens with zero attached hydrogens (tertiary/aromatic N) is 4. The molecule has 5 rings (SSSR count). The predicted molar refractivity (Wildman–Crippen MR) is 337 cm³/mol. The van der Waals surface area contributed by atoms with Crippen LogP contribution in [0.4, 0.5) is 0 Å². The van der Waals surface area contributed by atoms with E-state index < -0.39 is 75.5 Å². The van der Waals surface area contributed by atoms with Crippen molar-refractivity contribution in [3.05, 3.63) is 59.7 Å². The van der Waals surface area contributed by atoms with Crippen LogP contribution in [-0.2, 0) is 82.9 Å². The van der Waals surface area contributed by atoms with Crippen molar-refractivity contribution >= 4 is 72.8 Å². The summed E-state index contributed by atoms with van der Waals surface area (Å²) < 4.78 is 69.7. The Bertz CT molecular complexity index is 2880. The molecule has 0 radical (unpaired) electrons. The first-order valence-electron chi connectivity index (χ1n) is 31.1. The summed E-state index contributed by atoms with van der Waals surface area (Å²) in [5.41, 5.74) is 0.464. The highest BCUT2D eigenvalue weighted by molar-refractivity contribution is 7.92.